The van der Waals surface area contributed by atoms with E-state index in [1.807, 2.05) is 7.05 Å². The molecule has 1 atom stereocenters. The number of benzene rings is 1. The standard InChI is InChI=1S/C19H30N4O2S/c1-20-19(21-8-10-22-11-13-26(24,25)14-12-22)23-9-7-18(16-23)15-17-5-3-2-4-6-17/h2-6,18H,7-16H2,1H3,(H,20,21). The SMILES string of the molecule is CN=C(NCCN1CCS(=O)(=O)CC1)N1CCC(Cc2ccccc2)C1. The Morgan fingerprint density at radius 3 is 2.62 bits per heavy atom. The zero-order valence-corrected chi connectivity index (χ0v) is 16.4. The average Bonchev–Trinajstić information content (AvgIpc) is 3.09. The maximum Gasteiger partial charge on any atom is 0.193 e. The Balaban J connectivity index is 1.40. The molecule has 0 aliphatic carbocycles. The Morgan fingerprint density at radius 2 is 1.92 bits per heavy atom. The van der Waals surface area contributed by atoms with Gasteiger partial charge in [0.1, 0.15) is 0 Å². The number of aliphatic imine (C=N–C) groups is 1. The van der Waals surface area contributed by atoms with Crippen molar-refractivity contribution in [2.24, 2.45) is 10.9 Å². The number of sulfone groups is 1. The predicted molar refractivity (Wildman–Crippen MR) is 106 cm³/mol. The number of hydrogen-bond donors (Lipinski definition) is 1. The number of rotatable bonds is 5. The zero-order chi connectivity index (χ0) is 18.4. The molecular formula is C19H30N4O2S. The summed E-state index contributed by atoms with van der Waals surface area (Å²) in [5.74, 6) is 2.21. The van der Waals surface area contributed by atoms with Gasteiger partial charge in [-0.15, -0.1) is 0 Å². The minimum atomic E-state index is -2.80. The van der Waals surface area contributed by atoms with Gasteiger partial charge in [0.05, 0.1) is 11.5 Å². The first-order valence-electron chi connectivity index (χ1n) is 9.48. The van der Waals surface area contributed by atoms with E-state index in [1.165, 1.54) is 12.0 Å². The predicted octanol–water partition coefficient (Wildman–Crippen LogP) is 0.857. The van der Waals surface area contributed by atoms with Crippen LogP contribution in [0.25, 0.3) is 0 Å². The summed E-state index contributed by atoms with van der Waals surface area (Å²) in [6.45, 7) is 5.02. The summed E-state index contributed by atoms with van der Waals surface area (Å²) in [5.41, 5.74) is 1.40. The van der Waals surface area contributed by atoms with Crippen molar-refractivity contribution in [3.05, 3.63) is 35.9 Å². The molecule has 1 N–H and O–H groups in total. The van der Waals surface area contributed by atoms with Crippen LogP contribution in [0.1, 0.15) is 12.0 Å². The third-order valence-electron chi connectivity index (χ3n) is 5.31. The van der Waals surface area contributed by atoms with Crippen LogP contribution in [0.15, 0.2) is 35.3 Å². The van der Waals surface area contributed by atoms with Gasteiger partial charge < -0.3 is 10.2 Å². The molecule has 2 aliphatic heterocycles. The summed E-state index contributed by atoms with van der Waals surface area (Å²) in [6.07, 6.45) is 2.32. The quantitative estimate of drug-likeness (QED) is 0.608. The monoisotopic (exact) mass is 378 g/mol. The van der Waals surface area contributed by atoms with E-state index >= 15 is 0 Å². The van der Waals surface area contributed by atoms with Gasteiger partial charge in [-0.25, -0.2) is 8.42 Å². The summed E-state index contributed by atoms with van der Waals surface area (Å²) >= 11 is 0. The second kappa shape index (κ2) is 8.86. The molecule has 0 aromatic heterocycles. The first kappa shape index (κ1) is 19.2. The Bertz CT molecular complexity index is 692. The highest BCUT2D eigenvalue weighted by atomic mass is 32.2. The van der Waals surface area contributed by atoms with Crippen LogP contribution in [0.4, 0.5) is 0 Å². The van der Waals surface area contributed by atoms with Crippen LogP contribution in [0, 0.1) is 5.92 Å². The molecule has 144 valence electrons. The van der Waals surface area contributed by atoms with Crippen LogP contribution < -0.4 is 5.32 Å². The minimum Gasteiger partial charge on any atom is -0.355 e. The second-order valence-electron chi connectivity index (χ2n) is 7.26. The molecule has 2 heterocycles. The molecule has 3 rings (SSSR count). The van der Waals surface area contributed by atoms with Crippen LogP contribution in [0.5, 0.6) is 0 Å². The van der Waals surface area contributed by atoms with E-state index < -0.39 is 9.84 Å². The van der Waals surface area contributed by atoms with Gasteiger partial charge in [-0.05, 0) is 24.3 Å². The summed E-state index contributed by atoms with van der Waals surface area (Å²) in [6, 6.07) is 10.7. The maximum absolute atomic E-state index is 11.5. The fraction of sp³-hybridized carbons (Fsp3) is 0.632. The molecule has 0 saturated carbocycles. The van der Waals surface area contributed by atoms with Gasteiger partial charge in [0.15, 0.2) is 15.8 Å². The fourth-order valence-electron chi connectivity index (χ4n) is 3.77. The third kappa shape index (κ3) is 5.45. The largest absolute Gasteiger partial charge is 0.355 e. The molecule has 0 bridgehead atoms. The van der Waals surface area contributed by atoms with Crippen LogP contribution in [0.3, 0.4) is 0 Å². The molecule has 7 heteroatoms. The maximum atomic E-state index is 11.5. The number of guanidine groups is 1. The Labute approximate surface area is 157 Å². The van der Waals surface area contributed by atoms with Crippen molar-refractivity contribution in [1.29, 1.82) is 0 Å². The van der Waals surface area contributed by atoms with Gasteiger partial charge in [-0.2, -0.15) is 0 Å². The van der Waals surface area contributed by atoms with Crippen LogP contribution in [0.2, 0.25) is 0 Å². The molecule has 1 unspecified atom stereocenters. The second-order valence-corrected chi connectivity index (χ2v) is 9.56. The van der Waals surface area contributed by atoms with Crippen LogP contribution >= 0.6 is 0 Å². The first-order chi connectivity index (χ1) is 12.6. The van der Waals surface area contributed by atoms with Crippen molar-refractivity contribution in [2.75, 3.05) is 57.8 Å². The molecule has 1 aromatic carbocycles. The fourth-order valence-corrected chi connectivity index (χ4v) is 5.05. The Morgan fingerprint density at radius 1 is 1.19 bits per heavy atom. The van der Waals surface area contributed by atoms with E-state index in [1.54, 1.807) is 0 Å². The van der Waals surface area contributed by atoms with Gasteiger partial charge in [0.25, 0.3) is 0 Å². The topological polar surface area (TPSA) is 65.0 Å². The Hall–Kier alpha value is -1.60. The van der Waals surface area contributed by atoms with E-state index in [2.05, 4.69) is 50.4 Å². The summed E-state index contributed by atoms with van der Waals surface area (Å²) in [5, 5.41) is 3.45. The molecule has 2 fully saturated rings. The lowest BCUT2D eigenvalue weighted by Gasteiger charge is -2.28. The van der Waals surface area contributed by atoms with E-state index in [0.717, 1.165) is 38.6 Å². The van der Waals surface area contributed by atoms with E-state index in [0.29, 0.717) is 19.0 Å². The lowest BCUT2D eigenvalue weighted by molar-refractivity contribution is 0.298. The van der Waals surface area contributed by atoms with E-state index in [-0.39, 0.29) is 11.5 Å². The molecule has 0 amide bonds. The highest BCUT2D eigenvalue weighted by molar-refractivity contribution is 7.91. The van der Waals surface area contributed by atoms with Crippen molar-refractivity contribution in [3.63, 3.8) is 0 Å². The van der Waals surface area contributed by atoms with Gasteiger partial charge in [0.2, 0.25) is 0 Å². The average molecular weight is 379 g/mol. The smallest absolute Gasteiger partial charge is 0.193 e. The summed E-state index contributed by atoms with van der Waals surface area (Å²) in [7, 11) is -0.967. The summed E-state index contributed by atoms with van der Waals surface area (Å²) in [4.78, 5) is 8.99. The van der Waals surface area contributed by atoms with Crippen molar-refractivity contribution in [2.45, 2.75) is 12.8 Å². The highest BCUT2D eigenvalue weighted by Crippen LogP contribution is 2.20. The van der Waals surface area contributed by atoms with Gasteiger partial charge in [-0.3, -0.25) is 9.89 Å². The first-order valence-corrected chi connectivity index (χ1v) is 11.3. The molecule has 26 heavy (non-hydrogen) atoms. The molecule has 0 spiro atoms. The lowest BCUT2D eigenvalue weighted by Crippen LogP contribution is -2.46. The molecule has 2 saturated heterocycles. The van der Waals surface area contributed by atoms with Crippen molar-refractivity contribution in [3.8, 4) is 0 Å². The zero-order valence-electron chi connectivity index (χ0n) is 15.6. The lowest BCUT2D eigenvalue weighted by atomic mass is 9.99. The minimum absolute atomic E-state index is 0.287. The molecule has 1 aromatic rings. The highest BCUT2D eigenvalue weighted by Gasteiger charge is 2.25. The third-order valence-corrected chi connectivity index (χ3v) is 6.92. The van der Waals surface area contributed by atoms with Crippen LogP contribution in [-0.4, -0.2) is 82.0 Å². The summed E-state index contributed by atoms with van der Waals surface area (Å²) < 4.78 is 23.0. The van der Waals surface area contributed by atoms with Crippen LogP contribution in [-0.2, 0) is 16.3 Å². The van der Waals surface area contributed by atoms with Gasteiger partial charge in [0, 0.05) is 46.3 Å². The number of nitrogens with one attached hydrogen (secondary N) is 1. The molecular weight excluding hydrogens is 348 g/mol. The number of likely N-dealkylation sites (tertiary alicyclic amines) is 1. The van der Waals surface area contributed by atoms with Crippen molar-refractivity contribution >= 4 is 15.8 Å². The van der Waals surface area contributed by atoms with Gasteiger partial charge >= 0.3 is 0 Å². The molecule has 6 nitrogen and oxygen atoms in total. The van der Waals surface area contributed by atoms with Crippen molar-refractivity contribution < 1.29 is 8.42 Å². The van der Waals surface area contributed by atoms with E-state index in [4.69, 9.17) is 0 Å². The normalized spacial score (nSPS) is 24.0. The van der Waals surface area contributed by atoms with E-state index in [9.17, 15) is 8.42 Å². The molecule has 2 aliphatic rings. The van der Waals surface area contributed by atoms with Gasteiger partial charge in [-0.1, -0.05) is 30.3 Å². The Kier molecular flexibility index (Phi) is 6.53. The van der Waals surface area contributed by atoms with Crippen molar-refractivity contribution in [1.82, 2.24) is 15.1 Å². The number of nitrogens with zero attached hydrogens (tertiary/aromatic N) is 3. The number of hydrogen-bond acceptors (Lipinski definition) is 4. The molecule has 0 radical (unpaired) electrons.